The van der Waals surface area contributed by atoms with Crippen LogP contribution in [-0.2, 0) is 10.9 Å². The van der Waals surface area contributed by atoms with Crippen LogP contribution in [0, 0.1) is 6.92 Å². The van der Waals surface area contributed by atoms with E-state index in [4.69, 9.17) is 4.74 Å². The molecular formula is C21H21F3N6O3. The molecule has 33 heavy (non-hydrogen) atoms. The molecule has 2 aliphatic rings. The van der Waals surface area contributed by atoms with E-state index < -0.39 is 36.1 Å². The molecule has 1 saturated heterocycles. The number of rotatable bonds is 4. The first-order valence-electron chi connectivity index (χ1n) is 10.2. The lowest BCUT2D eigenvalue weighted by Gasteiger charge is -2.23. The van der Waals surface area contributed by atoms with Crippen LogP contribution in [0.5, 0.6) is 0 Å². The Bertz CT molecular complexity index is 1070. The molecule has 4 heterocycles. The maximum absolute atomic E-state index is 12.9. The lowest BCUT2D eigenvalue weighted by atomic mass is 10.1. The third-order valence-electron chi connectivity index (χ3n) is 5.38. The number of aryl methyl sites for hydroxylation is 1. The largest absolute Gasteiger partial charge is 0.448 e. The highest BCUT2D eigenvalue weighted by Crippen LogP contribution is 2.28. The zero-order valence-electron chi connectivity index (χ0n) is 17.8. The third-order valence-corrected chi connectivity index (χ3v) is 5.38. The van der Waals surface area contributed by atoms with E-state index in [0.717, 1.165) is 17.8 Å². The zero-order valence-corrected chi connectivity index (χ0v) is 17.8. The Morgan fingerprint density at radius 3 is 2.58 bits per heavy atom. The van der Waals surface area contributed by atoms with Gasteiger partial charge in [0.2, 0.25) is 0 Å². The number of halogens is 3. The van der Waals surface area contributed by atoms with Crippen molar-refractivity contribution in [1.29, 1.82) is 0 Å². The molecule has 0 aromatic carbocycles. The molecule has 1 fully saturated rings. The minimum absolute atomic E-state index is 0.0871. The van der Waals surface area contributed by atoms with E-state index in [9.17, 15) is 22.8 Å². The second-order valence-electron chi connectivity index (χ2n) is 7.76. The number of carbonyl (C=O) groups excluding carboxylic acids is 2. The van der Waals surface area contributed by atoms with Crippen molar-refractivity contribution >= 4 is 17.8 Å². The van der Waals surface area contributed by atoms with Gasteiger partial charge in [-0.2, -0.15) is 18.3 Å². The fourth-order valence-electron chi connectivity index (χ4n) is 3.56. The second kappa shape index (κ2) is 8.68. The van der Waals surface area contributed by atoms with Gasteiger partial charge in [0.05, 0.1) is 24.8 Å². The number of pyridine rings is 2. The number of nitrogens with one attached hydrogen (secondary N) is 1. The van der Waals surface area contributed by atoms with Gasteiger partial charge in [0, 0.05) is 12.4 Å². The van der Waals surface area contributed by atoms with Crippen LogP contribution in [-0.4, -0.2) is 63.5 Å². The predicted molar refractivity (Wildman–Crippen MR) is 110 cm³/mol. The summed E-state index contributed by atoms with van der Waals surface area (Å²) in [6.07, 6.45) is -2.29. The van der Waals surface area contributed by atoms with E-state index in [-0.39, 0.29) is 13.2 Å². The van der Waals surface area contributed by atoms with Crippen molar-refractivity contribution in [2.45, 2.75) is 32.1 Å². The molecule has 1 N–H and O–H groups in total. The Kier molecular flexibility index (Phi) is 5.91. The molecular weight excluding hydrogens is 441 g/mol. The molecule has 2 aliphatic heterocycles. The number of alkyl halides is 3. The summed E-state index contributed by atoms with van der Waals surface area (Å²) in [5.74, 6) is 0. The summed E-state index contributed by atoms with van der Waals surface area (Å²) in [6.45, 7) is 4.20. The normalized spacial score (nSPS) is 19.4. The number of amides is 3. The van der Waals surface area contributed by atoms with Crippen molar-refractivity contribution in [3.05, 3.63) is 59.2 Å². The van der Waals surface area contributed by atoms with Crippen LogP contribution >= 0.6 is 0 Å². The second-order valence-corrected chi connectivity index (χ2v) is 7.76. The standard InChI is InChI=1S/C21H21F3N6O3/c1-12-3-5-15(25-9-12)18-16(29-7-8-33-20(29)32)11-30(28-18)19(31)27-13(2)14-4-6-17(26-10-14)21(22,23)24/h3-6,9-10,13,16H,7-8,11H2,1-2H3,(H,27,31)/t13-,16-/m1/s1. The SMILES string of the molecule is Cc1ccc(C2=NN(C(=O)N[C@H](C)c3ccc(C(F)(F)F)nc3)C[C@H]2N2CCOC2=O)nc1. The van der Waals surface area contributed by atoms with Gasteiger partial charge in [-0.3, -0.25) is 14.9 Å². The van der Waals surface area contributed by atoms with Gasteiger partial charge in [0.15, 0.2) is 0 Å². The quantitative estimate of drug-likeness (QED) is 0.753. The Balaban J connectivity index is 1.52. The van der Waals surface area contributed by atoms with Crippen molar-refractivity contribution in [3.8, 4) is 0 Å². The van der Waals surface area contributed by atoms with Gasteiger partial charge in [0.1, 0.15) is 24.1 Å². The van der Waals surface area contributed by atoms with Crippen molar-refractivity contribution in [1.82, 2.24) is 25.2 Å². The van der Waals surface area contributed by atoms with Gasteiger partial charge >= 0.3 is 18.3 Å². The van der Waals surface area contributed by atoms with Crippen molar-refractivity contribution in [2.24, 2.45) is 5.10 Å². The minimum Gasteiger partial charge on any atom is -0.448 e. The number of ether oxygens (including phenoxy) is 1. The first-order valence-corrected chi connectivity index (χ1v) is 10.2. The molecule has 0 aliphatic carbocycles. The fourth-order valence-corrected chi connectivity index (χ4v) is 3.56. The molecule has 2 aromatic rings. The highest BCUT2D eigenvalue weighted by molar-refractivity contribution is 6.06. The maximum Gasteiger partial charge on any atom is 0.433 e. The molecule has 0 radical (unpaired) electrons. The van der Waals surface area contributed by atoms with Crippen molar-refractivity contribution in [3.63, 3.8) is 0 Å². The number of hydrazone groups is 1. The third kappa shape index (κ3) is 4.73. The molecule has 0 spiro atoms. The van der Waals surface area contributed by atoms with Gasteiger partial charge in [-0.1, -0.05) is 12.1 Å². The van der Waals surface area contributed by atoms with Crippen LogP contribution in [0.25, 0.3) is 0 Å². The number of aromatic nitrogens is 2. The van der Waals surface area contributed by atoms with Crippen molar-refractivity contribution < 1.29 is 27.5 Å². The highest BCUT2D eigenvalue weighted by atomic mass is 19.4. The van der Waals surface area contributed by atoms with E-state index in [2.05, 4.69) is 20.4 Å². The summed E-state index contributed by atoms with van der Waals surface area (Å²) in [6, 6.07) is 4.01. The first kappa shape index (κ1) is 22.5. The number of urea groups is 1. The lowest BCUT2D eigenvalue weighted by Crippen LogP contribution is -2.46. The Labute approximate surface area is 187 Å². The molecule has 12 heteroatoms. The van der Waals surface area contributed by atoms with E-state index in [0.29, 0.717) is 23.5 Å². The molecule has 9 nitrogen and oxygen atoms in total. The number of nitrogens with zero attached hydrogens (tertiary/aromatic N) is 5. The fraction of sp³-hybridized carbons (Fsp3) is 0.381. The van der Waals surface area contributed by atoms with Gasteiger partial charge in [0.25, 0.3) is 0 Å². The van der Waals surface area contributed by atoms with E-state index in [1.807, 2.05) is 13.0 Å². The van der Waals surface area contributed by atoms with Crippen LogP contribution in [0.1, 0.15) is 35.5 Å². The monoisotopic (exact) mass is 462 g/mol. The van der Waals surface area contributed by atoms with Gasteiger partial charge in [-0.15, -0.1) is 0 Å². The molecule has 0 saturated carbocycles. The van der Waals surface area contributed by atoms with Gasteiger partial charge in [-0.25, -0.2) is 14.6 Å². The van der Waals surface area contributed by atoms with Crippen LogP contribution in [0.3, 0.4) is 0 Å². The molecule has 0 unspecified atom stereocenters. The lowest BCUT2D eigenvalue weighted by molar-refractivity contribution is -0.141. The number of cyclic esters (lactones) is 1. The number of hydrogen-bond donors (Lipinski definition) is 1. The minimum atomic E-state index is -4.54. The summed E-state index contributed by atoms with van der Waals surface area (Å²) in [7, 11) is 0. The van der Waals surface area contributed by atoms with E-state index in [1.54, 1.807) is 19.2 Å². The highest BCUT2D eigenvalue weighted by Gasteiger charge is 2.41. The van der Waals surface area contributed by atoms with Crippen molar-refractivity contribution in [2.75, 3.05) is 19.7 Å². The average molecular weight is 462 g/mol. The molecule has 2 aromatic heterocycles. The number of carbonyl (C=O) groups is 2. The zero-order chi connectivity index (χ0) is 23.8. The van der Waals surface area contributed by atoms with Crippen LogP contribution in [0.4, 0.5) is 22.8 Å². The molecule has 4 rings (SSSR count). The Morgan fingerprint density at radius 2 is 2.00 bits per heavy atom. The molecule has 2 atom stereocenters. The van der Waals surface area contributed by atoms with Crippen LogP contribution in [0.2, 0.25) is 0 Å². The summed E-state index contributed by atoms with van der Waals surface area (Å²) in [4.78, 5) is 34.3. The van der Waals surface area contributed by atoms with Crippen LogP contribution < -0.4 is 5.32 Å². The van der Waals surface area contributed by atoms with Crippen LogP contribution in [0.15, 0.2) is 41.8 Å². The number of hydrogen-bond acceptors (Lipinski definition) is 6. The summed E-state index contributed by atoms with van der Waals surface area (Å²) in [5.41, 5.74) is 1.32. The smallest absolute Gasteiger partial charge is 0.433 e. The van der Waals surface area contributed by atoms with E-state index >= 15 is 0 Å². The predicted octanol–water partition coefficient (Wildman–Crippen LogP) is 3.12. The topological polar surface area (TPSA) is 100 Å². The van der Waals surface area contributed by atoms with Gasteiger partial charge < -0.3 is 10.1 Å². The maximum atomic E-state index is 12.9. The first-order chi connectivity index (χ1) is 15.6. The Hall–Kier alpha value is -3.70. The molecule has 3 amide bonds. The summed E-state index contributed by atoms with van der Waals surface area (Å²) < 4.78 is 43.2. The Morgan fingerprint density at radius 1 is 1.21 bits per heavy atom. The van der Waals surface area contributed by atoms with Gasteiger partial charge in [-0.05, 0) is 37.1 Å². The summed E-state index contributed by atoms with van der Waals surface area (Å²) >= 11 is 0. The van der Waals surface area contributed by atoms with E-state index in [1.165, 1.54) is 16.0 Å². The molecule has 0 bridgehead atoms. The summed E-state index contributed by atoms with van der Waals surface area (Å²) in [5, 5.41) is 8.29. The molecule has 174 valence electrons. The average Bonchev–Trinajstić information content (AvgIpc) is 3.40.